The quantitative estimate of drug-likeness (QED) is 0.455. The Labute approximate surface area is 190 Å². The van der Waals surface area contributed by atoms with E-state index < -0.39 is 23.8 Å². The topological polar surface area (TPSA) is 95.5 Å². The third-order valence-electron chi connectivity index (χ3n) is 4.60. The van der Waals surface area contributed by atoms with Gasteiger partial charge in [-0.2, -0.15) is 0 Å². The van der Waals surface area contributed by atoms with Crippen molar-refractivity contribution >= 4 is 35.5 Å². The van der Waals surface area contributed by atoms with Crippen LogP contribution in [-0.2, 0) is 16.0 Å². The number of carbonyl (C=O) groups excluding carboxylic acids is 2. The highest BCUT2D eigenvalue weighted by Gasteiger charge is 2.23. The van der Waals surface area contributed by atoms with Crippen LogP contribution in [0.1, 0.15) is 21.5 Å². The van der Waals surface area contributed by atoms with Crippen LogP contribution in [0.4, 0.5) is 0 Å². The van der Waals surface area contributed by atoms with Crippen molar-refractivity contribution in [3.8, 4) is 0 Å². The molecule has 2 amide bonds. The van der Waals surface area contributed by atoms with E-state index in [0.29, 0.717) is 16.1 Å². The normalized spacial score (nSPS) is 12.0. The minimum atomic E-state index is -1.18. The minimum absolute atomic E-state index is 0.0829. The van der Waals surface area contributed by atoms with Gasteiger partial charge in [0.2, 0.25) is 0 Å². The van der Waals surface area contributed by atoms with Crippen LogP contribution in [0.5, 0.6) is 0 Å². The Morgan fingerprint density at radius 2 is 1.47 bits per heavy atom. The molecule has 3 aromatic rings. The van der Waals surface area contributed by atoms with Crippen LogP contribution in [0, 0.1) is 0 Å². The summed E-state index contributed by atoms with van der Waals surface area (Å²) < 4.78 is 0. The summed E-state index contributed by atoms with van der Waals surface area (Å²) in [4.78, 5) is 37.4. The molecule has 3 aromatic carbocycles. The predicted octanol–water partition coefficient (Wildman–Crippen LogP) is 3.92. The number of nitrogens with one attached hydrogen (secondary N) is 2. The summed E-state index contributed by atoms with van der Waals surface area (Å²) >= 11 is 5.92. The van der Waals surface area contributed by atoms with Gasteiger partial charge in [-0.25, -0.2) is 4.79 Å². The molecular formula is C25H21ClN2O4. The lowest BCUT2D eigenvalue weighted by Gasteiger charge is -2.17. The zero-order valence-corrected chi connectivity index (χ0v) is 17.8. The SMILES string of the molecule is O=C(NC(Cc1ccccc1)C(=O)O)/C(=C/c1ccc(Cl)cc1)NC(=O)c1ccccc1. The van der Waals surface area contributed by atoms with E-state index in [2.05, 4.69) is 10.6 Å². The molecule has 1 unspecified atom stereocenters. The summed E-state index contributed by atoms with van der Waals surface area (Å²) in [5.74, 6) is -2.38. The summed E-state index contributed by atoms with van der Waals surface area (Å²) in [5.41, 5.74) is 1.65. The van der Waals surface area contributed by atoms with Gasteiger partial charge in [0.05, 0.1) is 0 Å². The molecule has 0 aliphatic carbocycles. The molecule has 3 rings (SSSR count). The number of halogens is 1. The van der Waals surface area contributed by atoms with Crippen LogP contribution < -0.4 is 10.6 Å². The monoisotopic (exact) mass is 448 g/mol. The van der Waals surface area contributed by atoms with Gasteiger partial charge in [0, 0.05) is 17.0 Å². The Balaban J connectivity index is 1.85. The van der Waals surface area contributed by atoms with Gasteiger partial charge in [-0.05, 0) is 41.5 Å². The van der Waals surface area contributed by atoms with Crippen molar-refractivity contribution in [1.82, 2.24) is 10.6 Å². The van der Waals surface area contributed by atoms with Gasteiger partial charge >= 0.3 is 5.97 Å². The smallest absolute Gasteiger partial charge is 0.326 e. The van der Waals surface area contributed by atoms with E-state index in [1.165, 1.54) is 6.08 Å². The molecule has 0 aromatic heterocycles. The Morgan fingerprint density at radius 1 is 0.875 bits per heavy atom. The molecule has 6 nitrogen and oxygen atoms in total. The van der Waals surface area contributed by atoms with Crippen molar-refractivity contribution in [1.29, 1.82) is 0 Å². The first-order valence-electron chi connectivity index (χ1n) is 9.83. The Bertz CT molecular complexity index is 1110. The molecule has 0 bridgehead atoms. The summed E-state index contributed by atoms with van der Waals surface area (Å²) in [5, 5.41) is 15.2. The Kier molecular flexibility index (Phi) is 7.78. The summed E-state index contributed by atoms with van der Waals surface area (Å²) in [7, 11) is 0. The van der Waals surface area contributed by atoms with Crippen molar-refractivity contribution in [2.75, 3.05) is 0 Å². The van der Waals surface area contributed by atoms with E-state index in [1.54, 1.807) is 78.9 Å². The lowest BCUT2D eigenvalue weighted by atomic mass is 10.1. The first kappa shape index (κ1) is 22.8. The Morgan fingerprint density at radius 3 is 2.06 bits per heavy atom. The van der Waals surface area contributed by atoms with Crippen LogP contribution in [-0.4, -0.2) is 28.9 Å². The average Bonchev–Trinajstić information content (AvgIpc) is 2.80. The molecule has 0 heterocycles. The van der Waals surface area contributed by atoms with Crippen molar-refractivity contribution in [3.05, 3.63) is 112 Å². The molecule has 0 fully saturated rings. The lowest BCUT2D eigenvalue weighted by Crippen LogP contribution is -2.45. The van der Waals surface area contributed by atoms with Gasteiger partial charge in [0.25, 0.3) is 11.8 Å². The molecule has 32 heavy (non-hydrogen) atoms. The maximum atomic E-state index is 13.0. The highest BCUT2D eigenvalue weighted by molar-refractivity contribution is 6.30. The fraction of sp³-hybridized carbons (Fsp3) is 0.0800. The first-order valence-corrected chi connectivity index (χ1v) is 10.2. The number of amides is 2. The van der Waals surface area contributed by atoms with Crippen LogP contribution >= 0.6 is 11.6 Å². The van der Waals surface area contributed by atoms with Crippen molar-refractivity contribution in [3.63, 3.8) is 0 Å². The predicted molar refractivity (Wildman–Crippen MR) is 123 cm³/mol. The average molecular weight is 449 g/mol. The summed E-state index contributed by atoms with van der Waals surface area (Å²) in [6.07, 6.45) is 1.57. The van der Waals surface area contributed by atoms with Gasteiger partial charge in [-0.1, -0.05) is 72.3 Å². The zero-order chi connectivity index (χ0) is 22.9. The van der Waals surface area contributed by atoms with Gasteiger partial charge in [0.15, 0.2) is 0 Å². The van der Waals surface area contributed by atoms with Crippen molar-refractivity contribution in [2.45, 2.75) is 12.5 Å². The molecular weight excluding hydrogens is 428 g/mol. The minimum Gasteiger partial charge on any atom is -0.480 e. The van der Waals surface area contributed by atoms with E-state index in [4.69, 9.17) is 11.6 Å². The fourth-order valence-electron chi connectivity index (χ4n) is 2.95. The molecule has 0 saturated carbocycles. The van der Waals surface area contributed by atoms with Crippen molar-refractivity contribution in [2.24, 2.45) is 0 Å². The molecule has 0 aliphatic rings. The number of benzene rings is 3. The van der Waals surface area contributed by atoms with E-state index in [-0.39, 0.29) is 12.1 Å². The molecule has 162 valence electrons. The zero-order valence-electron chi connectivity index (χ0n) is 17.0. The standard InChI is InChI=1S/C25H21ClN2O4/c26-20-13-11-18(12-14-20)15-21(27-23(29)19-9-5-2-6-10-19)24(30)28-22(25(31)32)16-17-7-3-1-4-8-17/h1-15,22H,16H2,(H,27,29)(H,28,30)(H,31,32)/b21-15-. The second-order valence-corrected chi connectivity index (χ2v) is 7.42. The number of carboxylic acids is 1. The van der Waals surface area contributed by atoms with Gasteiger partial charge in [-0.15, -0.1) is 0 Å². The number of rotatable bonds is 8. The molecule has 1 atom stereocenters. The number of hydrogen-bond acceptors (Lipinski definition) is 3. The second kappa shape index (κ2) is 10.9. The number of aliphatic carboxylic acids is 1. The molecule has 0 spiro atoms. The van der Waals surface area contributed by atoms with Gasteiger partial charge in [-0.3, -0.25) is 9.59 Å². The maximum absolute atomic E-state index is 13.0. The van der Waals surface area contributed by atoms with Gasteiger partial charge in [0.1, 0.15) is 11.7 Å². The van der Waals surface area contributed by atoms with E-state index in [1.807, 2.05) is 6.07 Å². The van der Waals surface area contributed by atoms with E-state index in [9.17, 15) is 19.5 Å². The van der Waals surface area contributed by atoms with Gasteiger partial charge < -0.3 is 15.7 Å². The Hall–Kier alpha value is -3.90. The lowest BCUT2D eigenvalue weighted by molar-refractivity contribution is -0.141. The molecule has 0 radical (unpaired) electrons. The molecule has 0 aliphatic heterocycles. The largest absolute Gasteiger partial charge is 0.480 e. The highest BCUT2D eigenvalue weighted by Crippen LogP contribution is 2.13. The second-order valence-electron chi connectivity index (χ2n) is 6.98. The molecule has 0 saturated heterocycles. The van der Waals surface area contributed by atoms with Crippen LogP contribution in [0.3, 0.4) is 0 Å². The number of carboxylic acid groups (broad SMARTS) is 1. The summed E-state index contributed by atoms with van der Waals surface area (Å²) in [6.45, 7) is 0. The summed E-state index contributed by atoms with van der Waals surface area (Å²) in [6, 6.07) is 22.9. The molecule has 7 heteroatoms. The first-order chi connectivity index (χ1) is 15.4. The van der Waals surface area contributed by atoms with Crippen molar-refractivity contribution < 1.29 is 19.5 Å². The molecule has 3 N–H and O–H groups in total. The maximum Gasteiger partial charge on any atom is 0.326 e. The fourth-order valence-corrected chi connectivity index (χ4v) is 3.08. The van der Waals surface area contributed by atoms with Crippen LogP contribution in [0.2, 0.25) is 5.02 Å². The third kappa shape index (κ3) is 6.55. The number of hydrogen-bond donors (Lipinski definition) is 3. The van der Waals surface area contributed by atoms with E-state index in [0.717, 1.165) is 5.56 Å². The highest BCUT2D eigenvalue weighted by atomic mass is 35.5. The number of carbonyl (C=O) groups is 3. The third-order valence-corrected chi connectivity index (χ3v) is 4.85. The van der Waals surface area contributed by atoms with E-state index >= 15 is 0 Å². The van der Waals surface area contributed by atoms with Crippen LogP contribution in [0.15, 0.2) is 90.6 Å². The van der Waals surface area contributed by atoms with Crippen LogP contribution in [0.25, 0.3) is 6.08 Å².